The number of aromatic hydroxyl groups is 1. The standard InChI is InChI=1S/C17H18N2O2S/c1-10-5-4-6-13(7-10)16(21)19-17(22)18-14-8-11(2)12(3)9-15(14)20/h4-9,20H,1-3H3,(H2,18,19,21,22). The van der Waals surface area contributed by atoms with Crippen molar-refractivity contribution in [3.8, 4) is 5.75 Å². The first-order valence-electron chi connectivity index (χ1n) is 6.86. The number of phenolic OH excluding ortho intramolecular Hbond substituents is 1. The molecule has 114 valence electrons. The highest BCUT2D eigenvalue weighted by molar-refractivity contribution is 7.80. The monoisotopic (exact) mass is 314 g/mol. The van der Waals surface area contributed by atoms with Crippen molar-refractivity contribution in [3.63, 3.8) is 0 Å². The van der Waals surface area contributed by atoms with Crippen LogP contribution in [0.5, 0.6) is 5.75 Å². The maximum atomic E-state index is 12.1. The number of carbonyl (C=O) groups is 1. The molecule has 0 spiro atoms. The van der Waals surface area contributed by atoms with Crippen molar-refractivity contribution in [2.75, 3.05) is 5.32 Å². The highest BCUT2D eigenvalue weighted by Gasteiger charge is 2.10. The summed E-state index contributed by atoms with van der Waals surface area (Å²) >= 11 is 5.13. The molecule has 0 aliphatic heterocycles. The number of amides is 1. The van der Waals surface area contributed by atoms with Gasteiger partial charge >= 0.3 is 0 Å². The number of anilines is 1. The molecule has 2 aromatic carbocycles. The van der Waals surface area contributed by atoms with Crippen molar-refractivity contribution >= 4 is 28.9 Å². The molecule has 0 saturated carbocycles. The Morgan fingerprint density at radius 1 is 1.09 bits per heavy atom. The molecule has 5 heteroatoms. The Kier molecular flexibility index (Phi) is 4.78. The quantitative estimate of drug-likeness (QED) is 0.587. The highest BCUT2D eigenvalue weighted by Crippen LogP contribution is 2.26. The lowest BCUT2D eigenvalue weighted by Gasteiger charge is -2.13. The first-order chi connectivity index (χ1) is 10.4. The Morgan fingerprint density at radius 2 is 1.77 bits per heavy atom. The molecular formula is C17H18N2O2S. The van der Waals surface area contributed by atoms with Gasteiger partial charge in [-0.3, -0.25) is 10.1 Å². The minimum atomic E-state index is -0.287. The van der Waals surface area contributed by atoms with Crippen molar-refractivity contribution in [2.24, 2.45) is 0 Å². The number of benzene rings is 2. The maximum Gasteiger partial charge on any atom is 0.257 e. The van der Waals surface area contributed by atoms with Gasteiger partial charge in [-0.25, -0.2) is 0 Å². The first-order valence-corrected chi connectivity index (χ1v) is 7.27. The molecule has 0 radical (unpaired) electrons. The average Bonchev–Trinajstić information content (AvgIpc) is 2.44. The zero-order valence-electron chi connectivity index (χ0n) is 12.7. The molecule has 3 N–H and O–H groups in total. The summed E-state index contributed by atoms with van der Waals surface area (Å²) in [5, 5.41) is 15.5. The topological polar surface area (TPSA) is 61.4 Å². The van der Waals surface area contributed by atoms with Crippen LogP contribution in [0.1, 0.15) is 27.0 Å². The number of phenols is 1. The molecule has 0 atom stereocenters. The molecule has 1 amide bonds. The van der Waals surface area contributed by atoms with Crippen LogP contribution in [-0.4, -0.2) is 16.1 Å². The molecular weight excluding hydrogens is 296 g/mol. The van der Waals surface area contributed by atoms with E-state index in [1.54, 1.807) is 24.3 Å². The molecule has 0 fully saturated rings. The van der Waals surface area contributed by atoms with E-state index in [4.69, 9.17) is 12.2 Å². The van der Waals surface area contributed by atoms with Crippen molar-refractivity contribution in [1.82, 2.24) is 5.32 Å². The summed E-state index contributed by atoms with van der Waals surface area (Å²) in [6.07, 6.45) is 0. The van der Waals surface area contributed by atoms with E-state index in [1.165, 1.54) is 0 Å². The van der Waals surface area contributed by atoms with E-state index in [9.17, 15) is 9.90 Å². The maximum absolute atomic E-state index is 12.1. The van der Waals surface area contributed by atoms with Gasteiger partial charge < -0.3 is 10.4 Å². The molecule has 22 heavy (non-hydrogen) atoms. The Labute approximate surface area is 135 Å². The van der Waals surface area contributed by atoms with Gasteiger partial charge in [-0.05, 0) is 68.4 Å². The van der Waals surface area contributed by atoms with E-state index < -0.39 is 0 Å². The average molecular weight is 314 g/mol. The number of aryl methyl sites for hydroxylation is 3. The van der Waals surface area contributed by atoms with Crippen LogP contribution in [0.3, 0.4) is 0 Å². The Bertz CT molecular complexity index is 741. The molecule has 2 rings (SSSR count). The molecule has 0 aliphatic rings. The summed E-state index contributed by atoms with van der Waals surface area (Å²) in [5.74, 6) is -0.195. The Hall–Kier alpha value is -2.40. The second-order valence-corrected chi connectivity index (χ2v) is 5.64. The third-order valence-corrected chi connectivity index (χ3v) is 3.57. The van der Waals surface area contributed by atoms with Crippen LogP contribution in [0.2, 0.25) is 0 Å². The van der Waals surface area contributed by atoms with Crippen LogP contribution >= 0.6 is 12.2 Å². The number of hydrogen-bond acceptors (Lipinski definition) is 3. The molecule has 0 bridgehead atoms. The van der Waals surface area contributed by atoms with Gasteiger partial charge in [0, 0.05) is 5.56 Å². The van der Waals surface area contributed by atoms with Crippen LogP contribution in [0.15, 0.2) is 36.4 Å². The number of nitrogens with one attached hydrogen (secondary N) is 2. The van der Waals surface area contributed by atoms with Gasteiger partial charge in [0.15, 0.2) is 5.11 Å². The molecule has 0 heterocycles. The number of carbonyl (C=O) groups excluding carboxylic acids is 1. The van der Waals surface area contributed by atoms with Crippen molar-refractivity contribution in [1.29, 1.82) is 0 Å². The number of hydrogen-bond donors (Lipinski definition) is 3. The number of thiocarbonyl (C=S) groups is 1. The molecule has 0 aliphatic carbocycles. The zero-order valence-corrected chi connectivity index (χ0v) is 13.5. The normalized spacial score (nSPS) is 10.1. The van der Waals surface area contributed by atoms with Crippen LogP contribution in [-0.2, 0) is 0 Å². The summed E-state index contributed by atoms with van der Waals surface area (Å²) < 4.78 is 0. The smallest absolute Gasteiger partial charge is 0.257 e. The van der Waals surface area contributed by atoms with E-state index in [0.29, 0.717) is 11.3 Å². The third-order valence-electron chi connectivity index (χ3n) is 3.37. The molecule has 0 unspecified atom stereocenters. The fourth-order valence-corrected chi connectivity index (χ4v) is 2.22. The van der Waals surface area contributed by atoms with E-state index in [1.807, 2.05) is 32.9 Å². The predicted octanol–water partition coefficient (Wildman–Crippen LogP) is 3.44. The second-order valence-electron chi connectivity index (χ2n) is 5.23. The molecule has 0 saturated heterocycles. The van der Waals surface area contributed by atoms with Gasteiger partial charge in [-0.15, -0.1) is 0 Å². The lowest BCUT2D eigenvalue weighted by atomic mass is 10.1. The SMILES string of the molecule is Cc1cccc(C(=O)NC(=S)Nc2cc(C)c(C)cc2O)c1. The number of rotatable bonds is 2. The summed E-state index contributed by atoms with van der Waals surface area (Å²) in [6, 6.07) is 10.7. The fourth-order valence-electron chi connectivity index (χ4n) is 2.02. The van der Waals surface area contributed by atoms with E-state index >= 15 is 0 Å². The van der Waals surface area contributed by atoms with Gasteiger partial charge in [-0.1, -0.05) is 17.7 Å². The van der Waals surface area contributed by atoms with Crippen LogP contribution in [0, 0.1) is 20.8 Å². The largest absolute Gasteiger partial charge is 0.506 e. The summed E-state index contributed by atoms with van der Waals surface area (Å²) in [5.41, 5.74) is 4.01. The second kappa shape index (κ2) is 6.58. The van der Waals surface area contributed by atoms with Crippen LogP contribution in [0.25, 0.3) is 0 Å². The van der Waals surface area contributed by atoms with Gasteiger partial charge in [0.25, 0.3) is 5.91 Å². The van der Waals surface area contributed by atoms with E-state index in [-0.39, 0.29) is 16.8 Å². The van der Waals surface area contributed by atoms with Crippen molar-refractivity contribution in [3.05, 3.63) is 58.7 Å². The van der Waals surface area contributed by atoms with Gasteiger partial charge in [0.1, 0.15) is 5.75 Å². The van der Waals surface area contributed by atoms with Gasteiger partial charge in [-0.2, -0.15) is 0 Å². The summed E-state index contributed by atoms with van der Waals surface area (Å²) in [4.78, 5) is 12.1. The Balaban J connectivity index is 2.07. The molecule has 4 nitrogen and oxygen atoms in total. The minimum absolute atomic E-state index is 0.0928. The van der Waals surface area contributed by atoms with Crippen LogP contribution < -0.4 is 10.6 Å². The molecule has 0 aromatic heterocycles. The van der Waals surface area contributed by atoms with Gasteiger partial charge in [0.05, 0.1) is 5.69 Å². The third kappa shape index (κ3) is 3.83. The fraction of sp³-hybridized carbons (Fsp3) is 0.176. The molecule has 2 aromatic rings. The zero-order chi connectivity index (χ0) is 16.3. The Morgan fingerprint density at radius 3 is 2.45 bits per heavy atom. The van der Waals surface area contributed by atoms with E-state index in [0.717, 1.165) is 16.7 Å². The summed E-state index contributed by atoms with van der Waals surface area (Å²) in [7, 11) is 0. The lowest BCUT2D eigenvalue weighted by molar-refractivity contribution is 0.0977. The van der Waals surface area contributed by atoms with E-state index in [2.05, 4.69) is 10.6 Å². The minimum Gasteiger partial charge on any atom is -0.506 e. The lowest BCUT2D eigenvalue weighted by Crippen LogP contribution is -2.34. The van der Waals surface area contributed by atoms with Crippen molar-refractivity contribution in [2.45, 2.75) is 20.8 Å². The first kappa shape index (κ1) is 16.0. The van der Waals surface area contributed by atoms with Crippen molar-refractivity contribution < 1.29 is 9.90 Å². The highest BCUT2D eigenvalue weighted by atomic mass is 32.1. The van der Waals surface area contributed by atoms with Gasteiger partial charge in [0.2, 0.25) is 0 Å². The predicted molar refractivity (Wildman–Crippen MR) is 92.4 cm³/mol. The van der Waals surface area contributed by atoms with Crippen LogP contribution in [0.4, 0.5) is 5.69 Å². The summed E-state index contributed by atoms with van der Waals surface area (Å²) in [6.45, 7) is 5.77.